The van der Waals surface area contributed by atoms with Gasteiger partial charge in [0.05, 0.1) is 0 Å². The van der Waals surface area contributed by atoms with E-state index in [1.54, 1.807) is 44.5 Å². The summed E-state index contributed by atoms with van der Waals surface area (Å²) in [6, 6.07) is 0. The largest absolute Gasteiger partial charge is 0.0613 e. The third-order valence-corrected chi connectivity index (χ3v) is 9.19. The molecule has 32 heavy (non-hydrogen) atoms. The van der Waals surface area contributed by atoms with Gasteiger partial charge in [0.2, 0.25) is 0 Å². The fourth-order valence-electron chi connectivity index (χ4n) is 6.42. The van der Waals surface area contributed by atoms with Crippen LogP contribution >= 0.6 is 31.9 Å². The Morgan fingerprint density at radius 1 is 0.312 bits per heavy atom. The highest BCUT2D eigenvalue weighted by Gasteiger charge is 2.26. The lowest BCUT2D eigenvalue weighted by Gasteiger charge is -2.27. The quantitative estimate of drug-likeness (QED) is 0.241. The van der Waals surface area contributed by atoms with Crippen LogP contribution in [0.3, 0.4) is 0 Å². The van der Waals surface area contributed by atoms with Crippen molar-refractivity contribution in [1.82, 2.24) is 0 Å². The molecule has 0 aliphatic heterocycles. The van der Waals surface area contributed by atoms with Gasteiger partial charge >= 0.3 is 0 Å². The molecule has 0 radical (unpaired) electrons. The Hall–Kier alpha value is -0.860. The van der Waals surface area contributed by atoms with Crippen molar-refractivity contribution in [2.24, 2.45) is 0 Å². The third-order valence-electron chi connectivity index (χ3n) is 7.60. The van der Waals surface area contributed by atoms with Crippen LogP contribution in [-0.2, 0) is 51.4 Å². The summed E-state index contributed by atoms with van der Waals surface area (Å²) in [5.74, 6) is 0. The van der Waals surface area contributed by atoms with Gasteiger partial charge in [-0.3, -0.25) is 0 Å². The van der Waals surface area contributed by atoms with Crippen LogP contribution in [0.1, 0.15) is 99.9 Å². The van der Waals surface area contributed by atoms with Gasteiger partial charge in [0.15, 0.2) is 0 Å². The minimum absolute atomic E-state index is 1.07. The summed E-state index contributed by atoms with van der Waals surface area (Å²) in [6.07, 6.45) is 8.71. The topological polar surface area (TPSA) is 0 Å². The first-order valence-corrected chi connectivity index (χ1v) is 14.4. The Bertz CT molecular complexity index is 987. The van der Waals surface area contributed by atoms with E-state index in [4.69, 9.17) is 0 Å². The van der Waals surface area contributed by atoms with E-state index < -0.39 is 0 Å². The second-order valence-electron chi connectivity index (χ2n) is 8.78. The van der Waals surface area contributed by atoms with Crippen molar-refractivity contribution in [2.75, 3.05) is 0 Å². The Balaban J connectivity index is 2.83. The minimum Gasteiger partial charge on any atom is -0.0613 e. The summed E-state index contributed by atoms with van der Waals surface area (Å²) in [5, 5.41) is 5.84. The van der Waals surface area contributed by atoms with Crippen LogP contribution in [0.25, 0.3) is 21.5 Å². The molecule has 0 saturated carbocycles. The molecule has 174 valence electrons. The second kappa shape index (κ2) is 10.6. The Kier molecular flexibility index (Phi) is 8.53. The molecule has 0 aromatic heterocycles. The van der Waals surface area contributed by atoms with Crippen LogP contribution in [0.5, 0.6) is 0 Å². The molecule has 0 spiro atoms. The molecule has 0 bridgehead atoms. The van der Waals surface area contributed by atoms with Gasteiger partial charge in [-0.05, 0) is 128 Å². The summed E-state index contributed by atoms with van der Waals surface area (Å²) in [7, 11) is 0. The van der Waals surface area contributed by atoms with Crippen molar-refractivity contribution >= 4 is 53.4 Å². The monoisotopic (exact) mass is 558 g/mol. The molecular formula is C30H40Br2. The van der Waals surface area contributed by atoms with Crippen molar-refractivity contribution in [3.63, 3.8) is 0 Å². The molecule has 2 heteroatoms. The third kappa shape index (κ3) is 3.68. The summed E-state index contributed by atoms with van der Waals surface area (Å²) in [5.41, 5.74) is 12.5. The van der Waals surface area contributed by atoms with E-state index >= 15 is 0 Å². The maximum atomic E-state index is 4.23. The Labute approximate surface area is 212 Å². The van der Waals surface area contributed by atoms with Crippen molar-refractivity contribution < 1.29 is 0 Å². The predicted octanol–water partition coefficient (Wildman–Crippen LogP) is 10.0. The fraction of sp³-hybridized carbons (Fsp3) is 0.533. The van der Waals surface area contributed by atoms with E-state index in [1.807, 2.05) is 0 Å². The molecule has 0 atom stereocenters. The zero-order chi connectivity index (χ0) is 23.7. The van der Waals surface area contributed by atoms with Crippen LogP contribution < -0.4 is 0 Å². The molecule has 3 rings (SSSR count). The van der Waals surface area contributed by atoms with Crippen molar-refractivity contribution in [2.45, 2.75) is 107 Å². The average Bonchev–Trinajstić information content (AvgIpc) is 2.82. The molecular weight excluding hydrogens is 520 g/mol. The van der Waals surface area contributed by atoms with E-state index in [0.29, 0.717) is 0 Å². The second-order valence-corrected chi connectivity index (χ2v) is 10.4. The number of rotatable bonds is 8. The molecule has 3 aromatic rings. The summed E-state index contributed by atoms with van der Waals surface area (Å²) in [4.78, 5) is 0. The number of hydrogen-bond donors (Lipinski definition) is 0. The predicted molar refractivity (Wildman–Crippen MR) is 152 cm³/mol. The van der Waals surface area contributed by atoms with Gasteiger partial charge in [0, 0.05) is 30.5 Å². The zero-order valence-corrected chi connectivity index (χ0v) is 24.6. The molecule has 0 saturated heterocycles. The molecule has 0 amide bonds. The number of hydrogen-bond acceptors (Lipinski definition) is 0. The molecule has 0 nitrogen and oxygen atoms in total. The van der Waals surface area contributed by atoms with Crippen molar-refractivity contribution in [3.8, 4) is 0 Å². The summed E-state index contributed by atoms with van der Waals surface area (Å²) >= 11 is 8.45. The van der Waals surface area contributed by atoms with Gasteiger partial charge in [0.1, 0.15) is 0 Å². The molecule has 0 aliphatic rings. The summed E-state index contributed by atoms with van der Waals surface area (Å²) < 4.78 is 2.66. The molecule has 0 aliphatic carbocycles. The first-order valence-electron chi connectivity index (χ1n) is 12.9. The highest BCUT2D eigenvalue weighted by molar-refractivity contribution is 9.11. The van der Waals surface area contributed by atoms with Gasteiger partial charge in [0.25, 0.3) is 0 Å². The van der Waals surface area contributed by atoms with Crippen LogP contribution in [-0.4, -0.2) is 0 Å². The average molecular weight is 560 g/mol. The first kappa shape index (κ1) is 25.8. The van der Waals surface area contributed by atoms with Crippen LogP contribution in [0.2, 0.25) is 0 Å². The van der Waals surface area contributed by atoms with Gasteiger partial charge in [-0.25, -0.2) is 0 Å². The van der Waals surface area contributed by atoms with Crippen molar-refractivity contribution in [1.29, 1.82) is 0 Å². The van der Waals surface area contributed by atoms with Crippen molar-refractivity contribution in [3.05, 3.63) is 53.5 Å². The lowest BCUT2D eigenvalue weighted by Crippen LogP contribution is -2.09. The first-order chi connectivity index (χ1) is 15.4. The van der Waals surface area contributed by atoms with Crippen LogP contribution in [0.15, 0.2) is 8.95 Å². The lowest BCUT2D eigenvalue weighted by atomic mass is 9.80. The maximum absolute atomic E-state index is 4.23. The zero-order valence-electron chi connectivity index (χ0n) is 21.4. The summed E-state index contributed by atoms with van der Waals surface area (Å²) in [6.45, 7) is 18.7. The van der Waals surface area contributed by atoms with Crippen LogP contribution in [0.4, 0.5) is 0 Å². The number of aryl methyl sites for hydroxylation is 4. The normalized spacial score (nSPS) is 11.8. The van der Waals surface area contributed by atoms with Gasteiger partial charge in [-0.15, -0.1) is 0 Å². The highest BCUT2D eigenvalue weighted by atomic mass is 79.9. The molecule has 0 fully saturated rings. The number of fused-ring (bicyclic) bond motifs is 2. The molecule has 0 unspecified atom stereocenters. The standard InChI is InChI=1S/C30H40Br2/c1-9-17-18(10-2)22(14-6)26-25(21(17)13-5)29(31)27-23(15-7)19(11-3)20(12-4)24(16-8)28(27)30(26)32/h9-16H2,1-8H3. The fourth-order valence-corrected chi connectivity index (χ4v) is 8.17. The van der Waals surface area contributed by atoms with E-state index in [2.05, 4.69) is 87.2 Å². The molecule has 0 heterocycles. The van der Waals surface area contributed by atoms with Gasteiger partial charge in [-0.1, -0.05) is 55.4 Å². The van der Waals surface area contributed by atoms with E-state index in [1.165, 1.54) is 30.5 Å². The molecule has 0 N–H and O–H groups in total. The van der Waals surface area contributed by atoms with Crippen LogP contribution in [0, 0.1) is 0 Å². The van der Waals surface area contributed by atoms with Gasteiger partial charge in [-0.2, -0.15) is 0 Å². The molecule has 3 aromatic carbocycles. The van der Waals surface area contributed by atoms with E-state index in [0.717, 1.165) is 51.4 Å². The SMILES string of the molecule is CCc1c(CC)c(CC)c2c(Br)c3c(CC)c(CC)c(CC)c(CC)c3c(Br)c2c1CC. The Morgan fingerprint density at radius 3 is 0.594 bits per heavy atom. The van der Waals surface area contributed by atoms with Gasteiger partial charge < -0.3 is 0 Å². The Morgan fingerprint density at radius 2 is 0.469 bits per heavy atom. The van der Waals surface area contributed by atoms with E-state index in [-0.39, 0.29) is 0 Å². The number of halogens is 2. The minimum atomic E-state index is 1.07. The van der Waals surface area contributed by atoms with E-state index in [9.17, 15) is 0 Å². The maximum Gasteiger partial charge on any atom is 0.0338 e. The number of benzene rings is 3. The smallest absolute Gasteiger partial charge is 0.0338 e. The highest BCUT2D eigenvalue weighted by Crippen LogP contribution is 2.49. The lowest BCUT2D eigenvalue weighted by molar-refractivity contribution is 0.955.